The lowest BCUT2D eigenvalue weighted by molar-refractivity contribution is -0.114. The van der Waals surface area contributed by atoms with Crippen LogP contribution in [-0.2, 0) is 9.63 Å². The minimum Gasteiger partial charge on any atom is -0.435 e. The molecular formula is C21H18F2N4O4S. The number of hydrogen-bond donors (Lipinski definition) is 1. The molecule has 0 atom stereocenters. The number of aromatic nitrogens is 2. The zero-order valence-electron chi connectivity index (χ0n) is 17.3. The van der Waals surface area contributed by atoms with Crippen LogP contribution in [0.3, 0.4) is 0 Å². The zero-order valence-corrected chi connectivity index (χ0v) is 18.1. The summed E-state index contributed by atoms with van der Waals surface area (Å²) in [6.45, 7) is 0. The quantitative estimate of drug-likeness (QED) is 0.306. The number of carbonyl (C=O) groups excluding carboxylic acids is 1. The molecule has 11 heteroatoms. The fraction of sp³-hybridized carbons (Fsp3) is 0.143. The number of halogens is 2. The van der Waals surface area contributed by atoms with Crippen LogP contribution in [0.2, 0.25) is 0 Å². The Labute approximate surface area is 186 Å². The van der Waals surface area contributed by atoms with Crippen molar-refractivity contribution in [3.05, 3.63) is 66.0 Å². The molecule has 0 unspecified atom stereocenters. The standard InChI is InChI=1S/C21H18F2N4O4S/c1-24-19(28)18(27-29-2)13-9-8-12(22)10-15(13)31-21-17(23)20(25-11-26-21)30-14-6-4-5-7-16(14)32-3/h4-11H,1-3H3,(H,24,28)/b27-18+. The molecule has 0 aliphatic heterocycles. The highest BCUT2D eigenvalue weighted by Crippen LogP contribution is 2.34. The number of benzene rings is 2. The van der Waals surface area contributed by atoms with Crippen LogP contribution in [0.5, 0.6) is 23.3 Å². The van der Waals surface area contributed by atoms with Gasteiger partial charge in [-0.25, -0.2) is 4.39 Å². The second kappa shape index (κ2) is 10.5. The number of nitrogens with zero attached hydrogens (tertiary/aromatic N) is 3. The van der Waals surface area contributed by atoms with Crippen molar-refractivity contribution in [2.45, 2.75) is 4.90 Å². The summed E-state index contributed by atoms with van der Waals surface area (Å²) < 4.78 is 40.1. The molecule has 0 aliphatic rings. The van der Waals surface area contributed by atoms with Crippen LogP contribution < -0.4 is 14.8 Å². The number of amides is 1. The molecule has 1 N–H and O–H groups in total. The number of para-hydroxylation sites is 1. The highest BCUT2D eigenvalue weighted by Gasteiger charge is 2.23. The Balaban J connectivity index is 2.00. The first kappa shape index (κ1) is 22.9. The fourth-order valence-corrected chi connectivity index (χ4v) is 3.12. The molecule has 1 amide bonds. The Bertz CT molecular complexity index is 1160. The van der Waals surface area contributed by atoms with Gasteiger partial charge in [-0.15, -0.1) is 11.8 Å². The molecule has 0 spiro atoms. The highest BCUT2D eigenvalue weighted by atomic mass is 32.2. The summed E-state index contributed by atoms with van der Waals surface area (Å²) in [7, 11) is 2.63. The van der Waals surface area contributed by atoms with Crippen molar-refractivity contribution in [2.75, 3.05) is 20.4 Å². The average Bonchev–Trinajstić information content (AvgIpc) is 2.80. The van der Waals surface area contributed by atoms with Gasteiger partial charge in [0.1, 0.15) is 30.8 Å². The molecule has 0 fully saturated rings. The van der Waals surface area contributed by atoms with Gasteiger partial charge in [0, 0.05) is 18.0 Å². The van der Waals surface area contributed by atoms with Crippen molar-refractivity contribution >= 4 is 23.4 Å². The topological polar surface area (TPSA) is 94.9 Å². The lowest BCUT2D eigenvalue weighted by Gasteiger charge is -2.13. The van der Waals surface area contributed by atoms with Crippen molar-refractivity contribution in [1.82, 2.24) is 15.3 Å². The van der Waals surface area contributed by atoms with Gasteiger partial charge < -0.3 is 19.6 Å². The van der Waals surface area contributed by atoms with E-state index in [-0.39, 0.29) is 22.9 Å². The number of oxime groups is 1. The minimum absolute atomic E-state index is 0.0563. The molecule has 0 bridgehead atoms. The molecule has 8 nitrogen and oxygen atoms in total. The predicted molar refractivity (Wildman–Crippen MR) is 114 cm³/mol. The Morgan fingerprint density at radius 2 is 1.75 bits per heavy atom. The van der Waals surface area contributed by atoms with E-state index in [1.807, 2.05) is 18.4 Å². The summed E-state index contributed by atoms with van der Waals surface area (Å²) in [5.74, 6) is -3.05. The normalized spacial score (nSPS) is 11.1. The molecule has 166 valence electrons. The Kier molecular flexibility index (Phi) is 7.55. The molecule has 1 heterocycles. The first-order valence-corrected chi connectivity index (χ1v) is 10.3. The molecule has 0 saturated carbocycles. The predicted octanol–water partition coefficient (Wildman–Crippen LogP) is 4.16. The van der Waals surface area contributed by atoms with Gasteiger partial charge in [0.25, 0.3) is 17.7 Å². The molecule has 32 heavy (non-hydrogen) atoms. The van der Waals surface area contributed by atoms with E-state index in [0.717, 1.165) is 23.4 Å². The second-order valence-electron chi connectivity index (χ2n) is 6.00. The maximum Gasteiger partial charge on any atom is 0.273 e. The maximum absolute atomic E-state index is 15.1. The van der Waals surface area contributed by atoms with Crippen molar-refractivity contribution < 1.29 is 27.9 Å². The first-order valence-electron chi connectivity index (χ1n) is 9.10. The van der Waals surface area contributed by atoms with Crippen molar-refractivity contribution in [2.24, 2.45) is 5.16 Å². The summed E-state index contributed by atoms with van der Waals surface area (Å²) >= 11 is 1.42. The lowest BCUT2D eigenvalue weighted by atomic mass is 10.1. The maximum atomic E-state index is 15.1. The van der Waals surface area contributed by atoms with Gasteiger partial charge in [-0.1, -0.05) is 17.3 Å². The third kappa shape index (κ3) is 5.11. The zero-order chi connectivity index (χ0) is 23.1. The van der Waals surface area contributed by atoms with Crippen LogP contribution in [0.4, 0.5) is 8.78 Å². The minimum atomic E-state index is -1.01. The van der Waals surface area contributed by atoms with Crippen molar-refractivity contribution in [3.8, 4) is 23.3 Å². The van der Waals surface area contributed by atoms with Gasteiger partial charge in [-0.05, 0) is 30.5 Å². The van der Waals surface area contributed by atoms with Crippen LogP contribution in [0.1, 0.15) is 5.56 Å². The van der Waals surface area contributed by atoms with Gasteiger partial charge in [0.05, 0.1) is 5.56 Å². The van der Waals surface area contributed by atoms with Crippen LogP contribution in [0.15, 0.2) is 58.8 Å². The molecule has 0 radical (unpaired) electrons. The van der Waals surface area contributed by atoms with E-state index in [9.17, 15) is 9.18 Å². The van der Waals surface area contributed by atoms with E-state index < -0.39 is 23.4 Å². The number of rotatable bonds is 8. The van der Waals surface area contributed by atoms with Gasteiger partial charge in [0.15, 0.2) is 5.71 Å². The molecular weight excluding hydrogens is 442 g/mol. The first-order chi connectivity index (χ1) is 15.5. The SMILES string of the molecule is CNC(=O)/C(=N/OC)c1ccc(F)cc1Oc1ncnc(Oc2ccccc2SC)c1F. The number of thioether (sulfide) groups is 1. The highest BCUT2D eigenvalue weighted by molar-refractivity contribution is 7.98. The van der Waals surface area contributed by atoms with Gasteiger partial charge in [-0.2, -0.15) is 14.4 Å². The second-order valence-corrected chi connectivity index (χ2v) is 6.84. The number of hydrogen-bond acceptors (Lipinski definition) is 8. The number of ether oxygens (including phenoxy) is 2. The molecule has 3 aromatic rings. The Morgan fingerprint density at radius 3 is 2.41 bits per heavy atom. The third-order valence-electron chi connectivity index (χ3n) is 4.03. The lowest BCUT2D eigenvalue weighted by Crippen LogP contribution is -2.29. The summed E-state index contributed by atoms with van der Waals surface area (Å²) in [5.41, 5.74) is -0.148. The van der Waals surface area contributed by atoms with Crippen LogP contribution in [0, 0.1) is 11.6 Å². The third-order valence-corrected chi connectivity index (χ3v) is 4.81. The van der Waals surface area contributed by atoms with E-state index in [1.54, 1.807) is 12.1 Å². The summed E-state index contributed by atoms with van der Waals surface area (Å²) in [6, 6.07) is 10.3. The van der Waals surface area contributed by atoms with E-state index in [0.29, 0.717) is 5.75 Å². The van der Waals surface area contributed by atoms with E-state index >= 15 is 4.39 Å². The average molecular weight is 460 g/mol. The van der Waals surface area contributed by atoms with Gasteiger partial charge in [0.2, 0.25) is 5.82 Å². The Morgan fingerprint density at radius 1 is 1.06 bits per heavy atom. The van der Waals surface area contributed by atoms with E-state index in [4.69, 9.17) is 14.3 Å². The van der Waals surface area contributed by atoms with Crippen molar-refractivity contribution in [1.29, 1.82) is 0 Å². The monoisotopic (exact) mass is 460 g/mol. The largest absolute Gasteiger partial charge is 0.435 e. The summed E-state index contributed by atoms with van der Waals surface area (Å²) in [5, 5.41) is 6.05. The molecule has 0 aliphatic carbocycles. The molecule has 1 aromatic heterocycles. The van der Waals surface area contributed by atoms with Crippen LogP contribution in [-0.4, -0.2) is 42.0 Å². The summed E-state index contributed by atoms with van der Waals surface area (Å²) in [6.07, 6.45) is 2.89. The van der Waals surface area contributed by atoms with Crippen LogP contribution >= 0.6 is 11.8 Å². The van der Waals surface area contributed by atoms with E-state index in [2.05, 4.69) is 20.4 Å². The fourth-order valence-electron chi connectivity index (χ4n) is 2.59. The number of carbonyl (C=O) groups is 1. The number of nitrogens with one attached hydrogen (secondary N) is 1. The van der Waals surface area contributed by atoms with E-state index in [1.165, 1.54) is 32.0 Å². The number of likely N-dealkylation sites (N-methyl/N-ethyl adjacent to an activating group) is 1. The molecule has 0 saturated heterocycles. The van der Waals surface area contributed by atoms with Gasteiger partial charge in [-0.3, -0.25) is 4.79 Å². The Hall–Kier alpha value is -3.73. The smallest absolute Gasteiger partial charge is 0.273 e. The molecule has 2 aromatic carbocycles. The van der Waals surface area contributed by atoms with Crippen molar-refractivity contribution in [3.63, 3.8) is 0 Å². The van der Waals surface area contributed by atoms with Gasteiger partial charge >= 0.3 is 0 Å². The summed E-state index contributed by atoms with van der Waals surface area (Å²) in [4.78, 5) is 25.2. The molecule has 3 rings (SSSR count). The van der Waals surface area contributed by atoms with Crippen LogP contribution in [0.25, 0.3) is 0 Å².